The van der Waals surface area contributed by atoms with Crippen LogP contribution in [0.5, 0.6) is 0 Å². The zero-order valence-electron chi connectivity index (χ0n) is 8.66. The van der Waals surface area contributed by atoms with Gasteiger partial charge < -0.3 is 0 Å². The van der Waals surface area contributed by atoms with Crippen LogP contribution in [0.3, 0.4) is 0 Å². The molecule has 1 aromatic heterocycles. The van der Waals surface area contributed by atoms with Crippen LogP contribution in [0.4, 0.5) is 0 Å². The lowest BCUT2D eigenvalue weighted by molar-refractivity contribution is 1.16. The van der Waals surface area contributed by atoms with Crippen LogP contribution in [-0.4, -0.2) is 9.97 Å². The van der Waals surface area contributed by atoms with Crippen molar-refractivity contribution in [1.29, 1.82) is 0 Å². The fourth-order valence-electron chi connectivity index (χ4n) is 1.51. The Bertz CT molecular complexity index is 495. The molecule has 0 aliphatic heterocycles. The molecule has 0 amide bonds. The number of halogens is 1. The van der Waals surface area contributed by atoms with Crippen molar-refractivity contribution < 1.29 is 0 Å². The number of benzene rings is 1. The second-order valence-electron chi connectivity index (χ2n) is 3.46. The fraction of sp³-hybridized carbons (Fsp3) is 0.167. The van der Waals surface area contributed by atoms with E-state index in [1.54, 1.807) is 6.20 Å². The van der Waals surface area contributed by atoms with Crippen LogP contribution in [-0.2, 0) is 0 Å². The largest absolute Gasteiger partial charge is 0.226 e. The van der Waals surface area contributed by atoms with Crippen molar-refractivity contribution >= 4 is 11.6 Å². The van der Waals surface area contributed by atoms with E-state index in [1.807, 2.05) is 18.2 Å². The van der Waals surface area contributed by atoms with Gasteiger partial charge in [0, 0.05) is 11.8 Å². The molecule has 1 aromatic carbocycles. The van der Waals surface area contributed by atoms with Gasteiger partial charge in [0.1, 0.15) is 0 Å². The second kappa shape index (κ2) is 3.99. The topological polar surface area (TPSA) is 25.8 Å². The molecule has 0 bridgehead atoms. The van der Waals surface area contributed by atoms with Crippen molar-refractivity contribution in [3.63, 3.8) is 0 Å². The maximum Gasteiger partial charge on any atom is 0.222 e. The van der Waals surface area contributed by atoms with Gasteiger partial charge >= 0.3 is 0 Å². The van der Waals surface area contributed by atoms with E-state index in [1.165, 1.54) is 11.1 Å². The lowest BCUT2D eigenvalue weighted by Crippen LogP contribution is -1.91. The first-order valence-corrected chi connectivity index (χ1v) is 5.11. The molecular formula is C12H11ClN2. The molecule has 0 saturated carbocycles. The summed E-state index contributed by atoms with van der Waals surface area (Å²) in [5.41, 5.74) is 4.46. The molecule has 2 nitrogen and oxygen atoms in total. The first-order chi connectivity index (χ1) is 7.18. The first kappa shape index (κ1) is 10.1. The minimum Gasteiger partial charge on any atom is -0.226 e. The molecule has 0 N–H and O–H groups in total. The van der Waals surface area contributed by atoms with E-state index >= 15 is 0 Å². The quantitative estimate of drug-likeness (QED) is 0.686. The summed E-state index contributed by atoms with van der Waals surface area (Å²) in [6, 6.07) is 8.02. The van der Waals surface area contributed by atoms with E-state index < -0.39 is 0 Å². The second-order valence-corrected chi connectivity index (χ2v) is 3.80. The SMILES string of the molecule is Cc1cccc(-c2ccnc(Cl)n2)c1C. The van der Waals surface area contributed by atoms with Gasteiger partial charge in [-0.3, -0.25) is 0 Å². The van der Waals surface area contributed by atoms with Gasteiger partial charge in [-0.1, -0.05) is 18.2 Å². The van der Waals surface area contributed by atoms with Gasteiger partial charge in [-0.25, -0.2) is 9.97 Å². The first-order valence-electron chi connectivity index (χ1n) is 4.73. The molecule has 0 atom stereocenters. The van der Waals surface area contributed by atoms with Crippen molar-refractivity contribution in [2.24, 2.45) is 0 Å². The third-order valence-corrected chi connectivity index (χ3v) is 2.69. The highest BCUT2D eigenvalue weighted by molar-refractivity contribution is 6.28. The summed E-state index contributed by atoms with van der Waals surface area (Å²) in [5.74, 6) is 0. The molecule has 3 heteroatoms. The van der Waals surface area contributed by atoms with Crippen LogP contribution >= 0.6 is 11.6 Å². The van der Waals surface area contributed by atoms with Crippen LogP contribution in [0.2, 0.25) is 5.28 Å². The molecule has 76 valence electrons. The predicted molar refractivity (Wildman–Crippen MR) is 62.0 cm³/mol. The summed E-state index contributed by atoms with van der Waals surface area (Å²) in [4.78, 5) is 8.07. The minimum atomic E-state index is 0.286. The van der Waals surface area contributed by atoms with Crippen molar-refractivity contribution in [3.05, 3.63) is 46.9 Å². The van der Waals surface area contributed by atoms with Gasteiger partial charge in [0.25, 0.3) is 0 Å². The summed E-state index contributed by atoms with van der Waals surface area (Å²) < 4.78 is 0. The Labute approximate surface area is 94.0 Å². The molecule has 0 saturated heterocycles. The predicted octanol–water partition coefficient (Wildman–Crippen LogP) is 3.41. The van der Waals surface area contributed by atoms with Crippen molar-refractivity contribution in [1.82, 2.24) is 9.97 Å². The summed E-state index contributed by atoms with van der Waals surface area (Å²) in [7, 11) is 0. The van der Waals surface area contributed by atoms with Crippen LogP contribution in [0.25, 0.3) is 11.3 Å². The third kappa shape index (κ3) is 2.00. The van der Waals surface area contributed by atoms with E-state index in [0.29, 0.717) is 0 Å². The average Bonchev–Trinajstić information content (AvgIpc) is 2.22. The molecule has 0 aliphatic carbocycles. The molecule has 0 unspecified atom stereocenters. The van der Waals surface area contributed by atoms with Crippen LogP contribution in [0.15, 0.2) is 30.5 Å². The maximum atomic E-state index is 5.76. The highest BCUT2D eigenvalue weighted by Crippen LogP contribution is 2.23. The van der Waals surface area contributed by atoms with Crippen molar-refractivity contribution in [3.8, 4) is 11.3 Å². The monoisotopic (exact) mass is 218 g/mol. The molecule has 15 heavy (non-hydrogen) atoms. The molecule has 0 spiro atoms. The third-order valence-electron chi connectivity index (χ3n) is 2.51. The van der Waals surface area contributed by atoms with Gasteiger partial charge in [-0.05, 0) is 42.6 Å². The average molecular weight is 219 g/mol. The van der Waals surface area contributed by atoms with E-state index in [2.05, 4.69) is 29.9 Å². The van der Waals surface area contributed by atoms with E-state index in [9.17, 15) is 0 Å². The lowest BCUT2D eigenvalue weighted by Gasteiger charge is -2.07. The number of hydrogen-bond donors (Lipinski definition) is 0. The molecule has 2 aromatic rings. The van der Waals surface area contributed by atoms with Gasteiger partial charge in [-0.2, -0.15) is 0 Å². The molecule has 2 rings (SSSR count). The van der Waals surface area contributed by atoms with Gasteiger partial charge in [0.05, 0.1) is 5.69 Å². The van der Waals surface area contributed by atoms with E-state index in [4.69, 9.17) is 11.6 Å². The lowest BCUT2D eigenvalue weighted by atomic mass is 10.0. The number of aryl methyl sites for hydroxylation is 1. The number of nitrogens with zero attached hydrogens (tertiary/aromatic N) is 2. The van der Waals surface area contributed by atoms with Crippen LogP contribution in [0, 0.1) is 13.8 Å². The summed E-state index contributed by atoms with van der Waals surface area (Å²) in [5, 5.41) is 0.286. The number of hydrogen-bond acceptors (Lipinski definition) is 2. The minimum absolute atomic E-state index is 0.286. The Hall–Kier alpha value is -1.41. The smallest absolute Gasteiger partial charge is 0.222 e. The Morgan fingerprint density at radius 2 is 1.93 bits per heavy atom. The Morgan fingerprint density at radius 1 is 1.13 bits per heavy atom. The summed E-state index contributed by atoms with van der Waals surface area (Å²) >= 11 is 5.76. The maximum absolute atomic E-state index is 5.76. The van der Waals surface area contributed by atoms with Crippen LogP contribution in [0.1, 0.15) is 11.1 Å². The van der Waals surface area contributed by atoms with Crippen molar-refractivity contribution in [2.45, 2.75) is 13.8 Å². The van der Waals surface area contributed by atoms with Crippen molar-refractivity contribution in [2.75, 3.05) is 0 Å². The molecule has 0 fully saturated rings. The zero-order chi connectivity index (χ0) is 10.8. The normalized spacial score (nSPS) is 10.3. The molecule has 1 heterocycles. The molecule has 0 aliphatic rings. The van der Waals surface area contributed by atoms with E-state index in [-0.39, 0.29) is 5.28 Å². The standard InChI is InChI=1S/C12H11ClN2/c1-8-4-3-5-10(9(8)2)11-6-7-14-12(13)15-11/h3-7H,1-2H3. The highest BCUT2D eigenvalue weighted by Gasteiger charge is 2.05. The zero-order valence-corrected chi connectivity index (χ0v) is 9.42. The van der Waals surface area contributed by atoms with Gasteiger partial charge in [0.15, 0.2) is 0 Å². The number of aromatic nitrogens is 2. The molecule has 0 radical (unpaired) electrons. The van der Waals surface area contributed by atoms with Gasteiger partial charge in [-0.15, -0.1) is 0 Å². The highest BCUT2D eigenvalue weighted by atomic mass is 35.5. The summed E-state index contributed by atoms with van der Waals surface area (Å²) in [6.45, 7) is 4.17. The Morgan fingerprint density at radius 3 is 2.67 bits per heavy atom. The Kier molecular flexibility index (Phi) is 2.69. The number of rotatable bonds is 1. The van der Waals surface area contributed by atoms with Crippen LogP contribution < -0.4 is 0 Å². The fourth-order valence-corrected chi connectivity index (χ4v) is 1.66. The van der Waals surface area contributed by atoms with E-state index in [0.717, 1.165) is 11.3 Å². The Balaban J connectivity index is 2.59. The summed E-state index contributed by atoms with van der Waals surface area (Å²) in [6.07, 6.45) is 1.67. The molecular weight excluding hydrogens is 208 g/mol. The van der Waals surface area contributed by atoms with Gasteiger partial charge in [0.2, 0.25) is 5.28 Å².